The van der Waals surface area contributed by atoms with Crippen molar-refractivity contribution in [1.82, 2.24) is 4.90 Å². The van der Waals surface area contributed by atoms with Gasteiger partial charge in [0.25, 0.3) is 0 Å². The van der Waals surface area contributed by atoms with Gasteiger partial charge in [0.05, 0.1) is 5.25 Å². The molecule has 0 rings (SSSR count). The zero-order valence-corrected chi connectivity index (χ0v) is 8.31. The summed E-state index contributed by atoms with van der Waals surface area (Å²) in [5.74, 6) is 0.172. The molecule has 11 heavy (non-hydrogen) atoms. The summed E-state index contributed by atoms with van der Waals surface area (Å²) in [5.41, 5.74) is 0. The van der Waals surface area contributed by atoms with E-state index in [0.29, 0.717) is 0 Å². The van der Waals surface area contributed by atoms with Gasteiger partial charge < -0.3 is 4.90 Å². The van der Waals surface area contributed by atoms with Crippen molar-refractivity contribution in [2.75, 3.05) is 20.4 Å². The van der Waals surface area contributed by atoms with Gasteiger partial charge in [-0.2, -0.15) is 11.8 Å². The van der Waals surface area contributed by atoms with E-state index in [9.17, 15) is 4.79 Å². The molecule has 0 aromatic carbocycles. The smallest absolute Gasteiger partial charge is 0.169 e. The van der Waals surface area contributed by atoms with Crippen molar-refractivity contribution < 1.29 is 4.79 Å². The van der Waals surface area contributed by atoms with E-state index in [-0.39, 0.29) is 11.0 Å². The van der Waals surface area contributed by atoms with Gasteiger partial charge in [0.1, 0.15) is 0 Å². The first-order chi connectivity index (χ1) is 5.07. The van der Waals surface area contributed by atoms with Crippen molar-refractivity contribution in [3.8, 4) is 0 Å². The van der Waals surface area contributed by atoms with Crippen molar-refractivity contribution in [2.45, 2.75) is 12.2 Å². The first-order valence-electron chi connectivity index (χ1n) is 3.49. The summed E-state index contributed by atoms with van der Waals surface area (Å²) in [7, 11) is 3.79. The molecule has 0 aromatic rings. The van der Waals surface area contributed by atoms with Crippen LogP contribution in [-0.2, 0) is 4.79 Å². The zero-order valence-electron chi connectivity index (χ0n) is 7.50. The Bertz CT molecular complexity index is 154. The molecule has 0 spiro atoms. The van der Waals surface area contributed by atoms with Gasteiger partial charge in [0.15, 0.2) is 5.78 Å². The molecule has 0 aromatic heterocycles. The third kappa shape index (κ3) is 4.90. The van der Waals surface area contributed by atoms with E-state index in [1.165, 1.54) is 0 Å². The normalized spacial score (nSPS) is 13.5. The lowest BCUT2D eigenvalue weighted by Gasteiger charge is -2.05. The van der Waals surface area contributed by atoms with Crippen LogP contribution in [0.4, 0.5) is 0 Å². The maximum atomic E-state index is 11.1. The number of nitrogens with zero attached hydrogens (tertiary/aromatic N) is 1. The lowest BCUT2D eigenvalue weighted by Crippen LogP contribution is -2.11. The van der Waals surface area contributed by atoms with Gasteiger partial charge in [-0.15, -0.1) is 0 Å². The van der Waals surface area contributed by atoms with Crippen LogP contribution >= 0.6 is 11.8 Å². The predicted molar refractivity (Wildman–Crippen MR) is 50.8 cm³/mol. The molecule has 64 valence electrons. The number of ketones is 1. The largest absolute Gasteiger partial charge is 0.383 e. The highest BCUT2D eigenvalue weighted by molar-refractivity contribution is 7.99. The Hall–Kier alpha value is -0.440. The highest BCUT2D eigenvalue weighted by Gasteiger charge is 2.06. The SMILES string of the molecule is CS[C@@H](C)C(=O)/C=C/N(C)C. The summed E-state index contributed by atoms with van der Waals surface area (Å²) in [6, 6.07) is 0. The number of allylic oxidation sites excluding steroid dienone is 1. The fourth-order valence-electron chi connectivity index (χ4n) is 0.474. The molecule has 0 fully saturated rings. The third-order valence-corrected chi connectivity index (χ3v) is 2.23. The molecular formula is C8H15NOS. The number of thioether (sulfide) groups is 1. The van der Waals surface area contributed by atoms with Crippen molar-refractivity contribution in [3.63, 3.8) is 0 Å². The minimum Gasteiger partial charge on any atom is -0.383 e. The Labute approximate surface area is 72.6 Å². The lowest BCUT2D eigenvalue weighted by atomic mass is 10.3. The molecule has 0 radical (unpaired) electrons. The molecule has 2 nitrogen and oxygen atoms in total. The van der Waals surface area contributed by atoms with Crippen LogP contribution in [0.1, 0.15) is 6.92 Å². The summed E-state index contributed by atoms with van der Waals surface area (Å²) >= 11 is 1.57. The Morgan fingerprint density at radius 1 is 1.55 bits per heavy atom. The maximum Gasteiger partial charge on any atom is 0.169 e. The van der Waals surface area contributed by atoms with E-state index >= 15 is 0 Å². The Balaban J connectivity index is 3.86. The summed E-state index contributed by atoms with van der Waals surface area (Å²) in [4.78, 5) is 13.0. The first kappa shape index (κ1) is 10.6. The minimum atomic E-state index is 0.0752. The molecule has 3 heteroatoms. The highest BCUT2D eigenvalue weighted by Crippen LogP contribution is 2.06. The van der Waals surface area contributed by atoms with E-state index < -0.39 is 0 Å². The van der Waals surface area contributed by atoms with Crippen LogP contribution in [0, 0.1) is 0 Å². The van der Waals surface area contributed by atoms with E-state index in [1.54, 1.807) is 24.0 Å². The fraction of sp³-hybridized carbons (Fsp3) is 0.625. The number of rotatable bonds is 4. The molecule has 0 aliphatic rings. The minimum absolute atomic E-state index is 0.0752. The van der Waals surface area contributed by atoms with Gasteiger partial charge in [-0.25, -0.2) is 0 Å². The average molecular weight is 173 g/mol. The summed E-state index contributed by atoms with van der Waals surface area (Å²) < 4.78 is 0. The van der Waals surface area contributed by atoms with Crippen LogP contribution in [-0.4, -0.2) is 36.3 Å². The van der Waals surface area contributed by atoms with Crippen molar-refractivity contribution in [2.24, 2.45) is 0 Å². The van der Waals surface area contributed by atoms with Gasteiger partial charge in [-0.1, -0.05) is 0 Å². The fourth-order valence-corrected chi connectivity index (χ4v) is 0.785. The maximum absolute atomic E-state index is 11.1. The van der Waals surface area contributed by atoms with Gasteiger partial charge in [-0.3, -0.25) is 4.79 Å². The topological polar surface area (TPSA) is 20.3 Å². The Morgan fingerprint density at radius 3 is 2.45 bits per heavy atom. The number of carbonyl (C=O) groups is 1. The molecule has 0 amide bonds. The highest BCUT2D eigenvalue weighted by atomic mass is 32.2. The van der Waals surface area contributed by atoms with E-state index in [4.69, 9.17) is 0 Å². The summed E-state index contributed by atoms with van der Waals surface area (Å²) in [6.07, 6.45) is 5.32. The van der Waals surface area contributed by atoms with Gasteiger partial charge in [0.2, 0.25) is 0 Å². The summed E-state index contributed by atoms with van der Waals surface area (Å²) in [6.45, 7) is 1.91. The Kier molecular flexibility index (Phi) is 5.03. The van der Waals surface area contributed by atoms with E-state index in [0.717, 1.165) is 0 Å². The van der Waals surface area contributed by atoms with Crippen molar-refractivity contribution >= 4 is 17.5 Å². The molecular weight excluding hydrogens is 158 g/mol. The van der Waals surface area contributed by atoms with Crippen LogP contribution in [0.2, 0.25) is 0 Å². The van der Waals surface area contributed by atoms with Crippen LogP contribution < -0.4 is 0 Å². The molecule has 0 aliphatic heterocycles. The molecule has 0 aliphatic carbocycles. The lowest BCUT2D eigenvalue weighted by molar-refractivity contribution is -0.113. The quantitative estimate of drug-likeness (QED) is 0.599. The average Bonchev–Trinajstić information content (AvgIpc) is 1.98. The first-order valence-corrected chi connectivity index (χ1v) is 4.78. The monoisotopic (exact) mass is 173 g/mol. The number of carbonyl (C=O) groups excluding carboxylic acids is 1. The van der Waals surface area contributed by atoms with Gasteiger partial charge >= 0.3 is 0 Å². The zero-order chi connectivity index (χ0) is 8.85. The Morgan fingerprint density at radius 2 is 2.09 bits per heavy atom. The van der Waals surface area contributed by atoms with E-state index in [1.807, 2.05) is 32.2 Å². The second-order valence-corrected chi connectivity index (χ2v) is 3.74. The van der Waals surface area contributed by atoms with Crippen LogP contribution in [0.3, 0.4) is 0 Å². The second kappa shape index (κ2) is 5.24. The van der Waals surface area contributed by atoms with Crippen molar-refractivity contribution in [1.29, 1.82) is 0 Å². The predicted octanol–water partition coefficient (Wildman–Crippen LogP) is 1.38. The van der Waals surface area contributed by atoms with Gasteiger partial charge in [-0.05, 0) is 19.3 Å². The summed E-state index contributed by atoms with van der Waals surface area (Å²) in [5, 5.41) is 0.0752. The molecule has 0 heterocycles. The van der Waals surface area contributed by atoms with E-state index in [2.05, 4.69) is 0 Å². The number of hydrogen-bond donors (Lipinski definition) is 0. The van der Waals surface area contributed by atoms with Crippen LogP contribution in [0.25, 0.3) is 0 Å². The number of hydrogen-bond acceptors (Lipinski definition) is 3. The molecule has 1 atom stereocenters. The third-order valence-electron chi connectivity index (χ3n) is 1.29. The van der Waals surface area contributed by atoms with Crippen LogP contribution in [0.5, 0.6) is 0 Å². The second-order valence-electron chi connectivity index (χ2n) is 2.56. The molecule has 0 saturated carbocycles. The standard InChI is InChI=1S/C8H15NOS/c1-7(11-4)8(10)5-6-9(2)3/h5-7H,1-4H3/b6-5+/t7-/m0/s1. The molecule has 0 bridgehead atoms. The molecule has 0 saturated heterocycles. The van der Waals surface area contributed by atoms with Crippen molar-refractivity contribution in [3.05, 3.63) is 12.3 Å². The van der Waals surface area contributed by atoms with Gasteiger partial charge in [0, 0.05) is 20.3 Å². The molecule has 0 N–H and O–H groups in total. The molecule has 0 unspecified atom stereocenters. The van der Waals surface area contributed by atoms with Crippen LogP contribution in [0.15, 0.2) is 12.3 Å².